The number of benzene rings is 1. The van der Waals surface area contributed by atoms with Gasteiger partial charge in [-0.15, -0.1) is 0 Å². The van der Waals surface area contributed by atoms with E-state index in [1.807, 2.05) is 25.1 Å². The van der Waals surface area contributed by atoms with Crippen LogP contribution in [0.2, 0.25) is 0 Å². The molecule has 1 saturated carbocycles. The van der Waals surface area contributed by atoms with Crippen LogP contribution < -0.4 is 15.2 Å². The zero-order valence-corrected chi connectivity index (χ0v) is 11.3. The predicted molar refractivity (Wildman–Crippen MR) is 72.9 cm³/mol. The van der Waals surface area contributed by atoms with Gasteiger partial charge in [-0.3, -0.25) is 0 Å². The fraction of sp³-hybridized carbons (Fsp3) is 0.533. The lowest BCUT2D eigenvalue weighted by molar-refractivity contribution is 0.220. The van der Waals surface area contributed by atoms with Gasteiger partial charge in [-0.2, -0.15) is 5.26 Å². The molecule has 102 valence electrons. The van der Waals surface area contributed by atoms with Crippen LogP contribution in [0.1, 0.15) is 31.7 Å². The Kier molecular flexibility index (Phi) is 4.28. The van der Waals surface area contributed by atoms with Crippen LogP contribution in [0, 0.1) is 16.7 Å². The van der Waals surface area contributed by atoms with Crippen LogP contribution in [0.15, 0.2) is 18.2 Å². The number of hydrogen-bond acceptors (Lipinski definition) is 4. The molecule has 1 fully saturated rings. The molecule has 1 aromatic carbocycles. The summed E-state index contributed by atoms with van der Waals surface area (Å²) in [6, 6.07) is 7.99. The van der Waals surface area contributed by atoms with E-state index < -0.39 is 0 Å². The van der Waals surface area contributed by atoms with E-state index in [2.05, 4.69) is 6.07 Å². The van der Waals surface area contributed by atoms with Crippen molar-refractivity contribution < 1.29 is 9.47 Å². The number of ether oxygens (including phenoxy) is 2. The van der Waals surface area contributed by atoms with Crippen molar-refractivity contribution >= 4 is 0 Å². The number of para-hydroxylation sites is 1. The minimum Gasteiger partial charge on any atom is -0.490 e. The molecule has 0 radical (unpaired) electrons. The van der Waals surface area contributed by atoms with Gasteiger partial charge < -0.3 is 15.2 Å². The largest absolute Gasteiger partial charge is 0.490 e. The van der Waals surface area contributed by atoms with E-state index in [1.54, 1.807) is 0 Å². The molecule has 0 aromatic heterocycles. The zero-order valence-electron chi connectivity index (χ0n) is 11.3. The Hall–Kier alpha value is -1.73. The van der Waals surface area contributed by atoms with Crippen LogP contribution in [0.3, 0.4) is 0 Å². The summed E-state index contributed by atoms with van der Waals surface area (Å²) in [5.74, 6) is 1.47. The normalized spacial score (nSPS) is 15.6. The van der Waals surface area contributed by atoms with Crippen molar-refractivity contribution in [2.24, 2.45) is 11.1 Å². The van der Waals surface area contributed by atoms with Crippen molar-refractivity contribution in [3.63, 3.8) is 0 Å². The standard InChI is InChI=1S/C15H20N2O2/c1-2-18-13-5-3-4-12(10-17)14(13)19-11-15(6-7-15)8-9-16/h3-5H,2,6-8,10-11,17H2,1H3. The van der Waals surface area contributed by atoms with Crippen molar-refractivity contribution in [2.45, 2.75) is 32.7 Å². The minimum absolute atomic E-state index is 0.0555. The molecule has 4 heteroatoms. The molecule has 0 spiro atoms. The predicted octanol–water partition coefficient (Wildman–Crippen LogP) is 2.62. The molecular formula is C15H20N2O2. The van der Waals surface area contributed by atoms with E-state index in [-0.39, 0.29) is 5.41 Å². The zero-order chi connectivity index (χ0) is 13.7. The van der Waals surface area contributed by atoms with Crippen LogP contribution in [0.25, 0.3) is 0 Å². The van der Waals surface area contributed by atoms with E-state index in [9.17, 15) is 0 Å². The second-order valence-electron chi connectivity index (χ2n) is 5.01. The smallest absolute Gasteiger partial charge is 0.165 e. The SMILES string of the molecule is CCOc1cccc(CN)c1OCC1(CC#N)CC1. The van der Waals surface area contributed by atoms with Crippen molar-refractivity contribution in [3.8, 4) is 17.6 Å². The summed E-state index contributed by atoms with van der Waals surface area (Å²) in [4.78, 5) is 0. The second-order valence-corrected chi connectivity index (χ2v) is 5.01. The van der Waals surface area contributed by atoms with Gasteiger partial charge in [0, 0.05) is 23.9 Å². The van der Waals surface area contributed by atoms with Gasteiger partial charge in [-0.1, -0.05) is 12.1 Å². The first-order chi connectivity index (χ1) is 9.24. The number of rotatable bonds is 7. The molecule has 0 atom stereocenters. The van der Waals surface area contributed by atoms with Gasteiger partial charge in [0.1, 0.15) is 0 Å². The maximum absolute atomic E-state index is 8.83. The van der Waals surface area contributed by atoms with Gasteiger partial charge in [-0.25, -0.2) is 0 Å². The van der Waals surface area contributed by atoms with Crippen LogP contribution in [-0.4, -0.2) is 13.2 Å². The molecule has 0 amide bonds. The van der Waals surface area contributed by atoms with Crippen LogP contribution in [0.4, 0.5) is 0 Å². The summed E-state index contributed by atoms with van der Waals surface area (Å²) in [6.45, 7) is 3.52. The highest BCUT2D eigenvalue weighted by molar-refractivity contribution is 5.46. The molecule has 1 aromatic rings. The molecule has 4 nitrogen and oxygen atoms in total. The van der Waals surface area contributed by atoms with Gasteiger partial charge >= 0.3 is 0 Å². The van der Waals surface area contributed by atoms with Crippen molar-refractivity contribution in [1.29, 1.82) is 5.26 Å². The molecule has 0 aliphatic heterocycles. The molecule has 1 aliphatic carbocycles. The number of nitriles is 1. The van der Waals surface area contributed by atoms with Crippen molar-refractivity contribution in [2.75, 3.05) is 13.2 Å². The van der Waals surface area contributed by atoms with E-state index >= 15 is 0 Å². The molecule has 0 unspecified atom stereocenters. The maximum atomic E-state index is 8.83. The molecule has 1 aliphatic rings. The lowest BCUT2D eigenvalue weighted by Crippen LogP contribution is -2.14. The Balaban J connectivity index is 2.12. The van der Waals surface area contributed by atoms with Crippen LogP contribution in [-0.2, 0) is 6.54 Å². The number of hydrogen-bond donors (Lipinski definition) is 1. The Bertz CT molecular complexity index is 476. The fourth-order valence-corrected chi connectivity index (χ4v) is 2.10. The first kappa shape index (κ1) is 13.7. The monoisotopic (exact) mass is 260 g/mol. The van der Waals surface area contributed by atoms with Gasteiger partial charge in [-0.05, 0) is 25.8 Å². The Morgan fingerprint density at radius 1 is 1.37 bits per heavy atom. The topological polar surface area (TPSA) is 68.3 Å². The Morgan fingerprint density at radius 3 is 2.74 bits per heavy atom. The highest BCUT2D eigenvalue weighted by Gasteiger charge is 2.43. The summed E-state index contributed by atoms with van der Waals surface area (Å²) in [5.41, 5.74) is 6.74. The third kappa shape index (κ3) is 3.18. The van der Waals surface area contributed by atoms with Gasteiger partial charge in [0.25, 0.3) is 0 Å². The lowest BCUT2D eigenvalue weighted by Gasteiger charge is -2.18. The molecule has 0 heterocycles. The molecule has 2 N–H and O–H groups in total. The highest BCUT2D eigenvalue weighted by Crippen LogP contribution is 2.49. The van der Waals surface area contributed by atoms with Crippen molar-refractivity contribution in [3.05, 3.63) is 23.8 Å². The quantitative estimate of drug-likeness (QED) is 0.818. The summed E-state index contributed by atoms with van der Waals surface area (Å²) in [7, 11) is 0. The van der Waals surface area contributed by atoms with Crippen LogP contribution in [0.5, 0.6) is 11.5 Å². The third-order valence-electron chi connectivity index (χ3n) is 3.51. The van der Waals surface area contributed by atoms with Gasteiger partial charge in [0.2, 0.25) is 0 Å². The summed E-state index contributed by atoms with van der Waals surface area (Å²) in [6.07, 6.45) is 2.69. The summed E-state index contributed by atoms with van der Waals surface area (Å²) < 4.78 is 11.5. The van der Waals surface area contributed by atoms with E-state index in [4.69, 9.17) is 20.5 Å². The molecule has 0 saturated heterocycles. The third-order valence-corrected chi connectivity index (χ3v) is 3.51. The summed E-state index contributed by atoms with van der Waals surface area (Å²) in [5, 5.41) is 8.83. The molecule has 0 bridgehead atoms. The first-order valence-electron chi connectivity index (χ1n) is 6.69. The molecule has 2 rings (SSSR count). The Morgan fingerprint density at radius 2 is 2.16 bits per heavy atom. The second kappa shape index (κ2) is 5.94. The van der Waals surface area contributed by atoms with Gasteiger partial charge in [0.15, 0.2) is 11.5 Å². The van der Waals surface area contributed by atoms with Crippen molar-refractivity contribution in [1.82, 2.24) is 0 Å². The van der Waals surface area contributed by atoms with Crippen LogP contribution >= 0.6 is 0 Å². The average molecular weight is 260 g/mol. The number of nitrogens with zero attached hydrogens (tertiary/aromatic N) is 1. The number of nitrogens with two attached hydrogens (primary N) is 1. The summed E-state index contributed by atoms with van der Waals surface area (Å²) >= 11 is 0. The van der Waals surface area contributed by atoms with E-state index in [0.717, 1.165) is 29.9 Å². The lowest BCUT2D eigenvalue weighted by atomic mass is 10.1. The Labute approximate surface area is 114 Å². The molecular weight excluding hydrogens is 240 g/mol. The molecule has 19 heavy (non-hydrogen) atoms. The van der Waals surface area contributed by atoms with Gasteiger partial charge in [0.05, 0.1) is 19.3 Å². The minimum atomic E-state index is 0.0555. The van der Waals surface area contributed by atoms with E-state index in [0.29, 0.717) is 26.2 Å². The fourth-order valence-electron chi connectivity index (χ4n) is 2.10. The highest BCUT2D eigenvalue weighted by atomic mass is 16.5. The first-order valence-corrected chi connectivity index (χ1v) is 6.69. The maximum Gasteiger partial charge on any atom is 0.165 e. The average Bonchev–Trinajstić information content (AvgIpc) is 3.18. The van der Waals surface area contributed by atoms with E-state index in [1.165, 1.54) is 0 Å².